The molecule has 23 heavy (non-hydrogen) atoms. The molecule has 2 aromatic rings. The topological polar surface area (TPSA) is 66.5 Å². The summed E-state index contributed by atoms with van der Waals surface area (Å²) in [7, 11) is 1.40. The van der Waals surface area contributed by atoms with E-state index in [2.05, 4.69) is 5.32 Å². The van der Waals surface area contributed by atoms with Gasteiger partial charge in [0.05, 0.1) is 26.9 Å². The SMILES string of the molecule is CN1C(=O)c2ccc(C(=O)Nc3cccc(Cl)c3Cl)cc2C1=O. The summed E-state index contributed by atoms with van der Waals surface area (Å²) >= 11 is 11.9. The van der Waals surface area contributed by atoms with Gasteiger partial charge < -0.3 is 5.32 Å². The molecule has 1 aliphatic rings. The highest BCUT2D eigenvalue weighted by atomic mass is 35.5. The summed E-state index contributed by atoms with van der Waals surface area (Å²) in [6, 6.07) is 9.22. The maximum Gasteiger partial charge on any atom is 0.261 e. The van der Waals surface area contributed by atoms with Crippen LogP contribution in [0.2, 0.25) is 10.0 Å². The van der Waals surface area contributed by atoms with Crippen LogP contribution in [-0.2, 0) is 0 Å². The summed E-state index contributed by atoms with van der Waals surface area (Å²) in [4.78, 5) is 37.1. The van der Waals surface area contributed by atoms with Crippen LogP contribution in [0.1, 0.15) is 31.1 Å². The number of anilines is 1. The summed E-state index contributed by atoms with van der Waals surface area (Å²) in [5.74, 6) is -1.26. The van der Waals surface area contributed by atoms with Crippen LogP contribution in [0.25, 0.3) is 0 Å². The van der Waals surface area contributed by atoms with Crippen LogP contribution < -0.4 is 5.32 Å². The fourth-order valence-electron chi connectivity index (χ4n) is 2.30. The number of carbonyl (C=O) groups excluding carboxylic acids is 3. The maximum atomic E-state index is 12.3. The van der Waals surface area contributed by atoms with E-state index in [1.54, 1.807) is 18.2 Å². The van der Waals surface area contributed by atoms with Gasteiger partial charge in [-0.15, -0.1) is 0 Å². The number of amides is 3. The average molecular weight is 349 g/mol. The molecule has 0 unspecified atom stereocenters. The Balaban J connectivity index is 1.92. The van der Waals surface area contributed by atoms with Crippen molar-refractivity contribution in [2.45, 2.75) is 0 Å². The van der Waals surface area contributed by atoms with Gasteiger partial charge in [0.15, 0.2) is 0 Å². The van der Waals surface area contributed by atoms with E-state index in [4.69, 9.17) is 23.2 Å². The number of benzene rings is 2. The Bertz CT molecular complexity index is 864. The highest BCUT2D eigenvalue weighted by Crippen LogP contribution is 2.30. The predicted molar refractivity (Wildman–Crippen MR) is 87.3 cm³/mol. The van der Waals surface area contributed by atoms with E-state index >= 15 is 0 Å². The molecule has 0 fully saturated rings. The minimum Gasteiger partial charge on any atom is -0.321 e. The summed E-state index contributed by atoms with van der Waals surface area (Å²) in [6.45, 7) is 0. The zero-order chi connectivity index (χ0) is 16.7. The second kappa shape index (κ2) is 5.68. The lowest BCUT2D eigenvalue weighted by Gasteiger charge is -2.08. The predicted octanol–water partition coefficient (Wildman–Crippen LogP) is 3.47. The van der Waals surface area contributed by atoms with Crippen molar-refractivity contribution in [3.63, 3.8) is 0 Å². The van der Waals surface area contributed by atoms with Gasteiger partial charge in [-0.1, -0.05) is 29.3 Å². The van der Waals surface area contributed by atoms with Gasteiger partial charge in [0.25, 0.3) is 17.7 Å². The first-order valence-electron chi connectivity index (χ1n) is 6.62. The summed E-state index contributed by atoms with van der Waals surface area (Å²) < 4.78 is 0. The number of rotatable bonds is 2. The van der Waals surface area contributed by atoms with Crippen LogP contribution in [0.5, 0.6) is 0 Å². The molecule has 116 valence electrons. The van der Waals surface area contributed by atoms with Crippen molar-refractivity contribution in [3.05, 3.63) is 63.1 Å². The van der Waals surface area contributed by atoms with E-state index in [0.717, 1.165) is 4.90 Å². The van der Waals surface area contributed by atoms with Gasteiger partial charge in [0, 0.05) is 12.6 Å². The molecule has 0 radical (unpaired) electrons. The molecule has 0 atom stereocenters. The van der Waals surface area contributed by atoms with Gasteiger partial charge in [-0.2, -0.15) is 0 Å². The highest BCUT2D eigenvalue weighted by molar-refractivity contribution is 6.44. The smallest absolute Gasteiger partial charge is 0.261 e. The molecule has 0 bridgehead atoms. The van der Waals surface area contributed by atoms with E-state index in [1.165, 1.54) is 25.2 Å². The lowest BCUT2D eigenvalue weighted by molar-refractivity contribution is 0.0693. The molecule has 1 heterocycles. The number of imide groups is 1. The van der Waals surface area contributed by atoms with Crippen LogP contribution in [-0.4, -0.2) is 29.7 Å². The maximum absolute atomic E-state index is 12.3. The number of nitrogens with one attached hydrogen (secondary N) is 1. The molecule has 7 heteroatoms. The highest BCUT2D eigenvalue weighted by Gasteiger charge is 2.33. The minimum atomic E-state index is -0.452. The average Bonchev–Trinajstić information content (AvgIpc) is 2.76. The van der Waals surface area contributed by atoms with Crippen LogP contribution in [0, 0.1) is 0 Å². The van der Waals surface area contributed by atoms with Gasteiger partial charge >= 0.3 is 0 Å². The molecule has 1 aliphatic heterocycles. The second-order valence-corrected chi connectivity index (χ2v) is 5.77. The third-order valence-corrected chi connectivity index (χ3v) is 4.37. The normalized spacial score (nSPS) is 13.3. The number of fused-ring (bicyclic) bond motifs is 1. The lowest BCUT2D eigenvalue weighted by atomic mass is 10.1. The first-order valence-corrected chi connectivity index (χ1v) is 7.37. The molecule has 0 saturated carbocycles. The fourth-order valence-corrected chi connectivity index (χ4v) is 2.65. The van der Waals surface area contributed by atoms with Crippen molar-refractivity contribution in [1.29, 1.82) is 0 Å². The molecule has 0 aromatic heterocycles. The quantitative estimate of drug-likeness (QED) is 0.845. The van der Waals surface area contributed by atoms with Crippen molar-refractivity contribution in [1.82, 2.24) is 4.90 Å². The van der Waals surface area contributed by atoms with Gasteiger partial charge in [0.1, 0.15) is 0 Å². The zero-order valence-corrected chi connectivity index (χ0v) is 13.4. The van der Waals surface area contributed by atoms with Crippen molar-refractivity contribution >= 4 is 46.6 Å². The number of halogens is 2. The van der Waals surface area contributed by atoms with E-state index in [1.807, 2.05) is 0 Å². The lowest BCUT2D eigenvalue weighted by Crippen LogP contribution is -2.24. The van der Waals surface area contributed by atoms with Gasteiger partial charge in [-0.05, 0) is 30.3 Å². The van der Waals surface area contributed by atoms with Gasteiger partial charge in [-0.25, -0.2) is 0 Å². The summed E-state index contributed by atoms with van der Waals surface area (Å²) in [6.07, 6.45) is 0. The Labute approximate surface area is 141 Å². The molecule has 5 nitrogen and oxygen atoms in total. The first kappa shape index (κ1) is 15.5. The molecule has 0 saturated heterocycles. The first-order chi connectivity index (χ1) is 10.9. The Morgan fingerprint density at radius 2 is 1.74 bits per heavy atom. The zero-order valence-electron chi connectivity index (χ0n) is 11.9. The van der Waals surface area contributed by atoms with Crippen molar-refractivity contribution in [3.8, 4) is 0 Å². The van der Waals surface area contributed by atoms with Crippen molar-refractivity contribution in [2.24, 2.45) is 0 Å². The van der Waals surface area contributed by atoms with Crippen molar-refractivity contribution in [2.75, 3.05) is 12.4 Å². The molecule has 1 N–H and O–H groups in total. The van der Waals surface area contributed by atoms with E-state index < -0.39 is 11.8 Å². The Morgan fingerprint density at radius 1 is 1.04 bits per heavy atom. The molecule has 0 aliphatic carbocycles. The third-order valence-electron chi connectivity index (χ3n) is 3.55. The molecular formula is C16H10Cl2N2O3. The van der Waals surface area contributed by atoms with Gasteiger partial charge in [-0.3, -0.25) is 19.3 Å². The molecule has 3 amide bonds. The molecular weight excluding hydrogens is 339 g/mol. The third kappa shape index (κ3) is 2.58. The van der Waals surface area contributed by atoms with Crippen LogP contribution in [0.15, 0.2) is 36.4 Å². The van der Waals surface area contributed by atoms with Gasteiger partial charge in [0.2, 0.25) is 0 Å². The second-order valence-electron chi connectivity index (χ2n) is 4.99. The molecule has 3 rings (SSSR count). The van der Waals surface area contributed by atoms with Crippen molar-refractivity contribution < 1.29 is 14.4 Å². The Morgan fingerprint density at radius 3 is 2.48 bits per heavy atom. The molecule has 2 aromatic carbocycles. The van der Waals surface area contributed by atoms with Crippen LogP contribution >= 0.6 is 23.2 Å². The fraction of sp³-hybridized carbons (Fsp3) is 0.0625. The number of nitrogens with zero attached hydrogens (tertiary/aromatic N) is 1. The largest absolute Gasteiger partial charge is 0.321 e. The number of carbonyl (C=O) groups is 3. The van der Waals surface area contributed by atoms with E-state index in [0.29, 0.717) is 10.7 Å². The standard InChI is InChI=1S/C16H10Cl2N2O3/c1-20-15(22)9-6-5-8(7-10(9)16(20)23)14(21)19-12-4-2-3-11(17)13(12)18/h2-7H,1H3,(H,19,21). The van der Waals surface area contributed by atoms with E-state index in [-0.39, 0.29) is 27.6 Å². The summed E-state index contributed by atoms with van der Waals surface area (Å²) in [5, 5.41) is 3.18. The molecule has 0 spiro atoms. The van der Waals surface area contributed by atoms with Crippen LogP contribution in [0.3, 0.4) is 0 Å². The van der Waals surface area contributed by atoms with E-state index in [9.17, 15) is 14.4 Å². The van der Waals surface area contributed by atoms with Crippen LogP contribution in [0.4, 0.5) is 5.69 Å². The number of hydrogen-bond donors (Lipinski definition) is 1. The monoisotopic (exact) mass is 348 g/mol. The Kier molecular flexibility index (Phi) is 3.83. The minimum absolute atomic E-state index is 0.211. The number of hydrogen-bond acceptors (Lipinski definition) is 3. The summed E-state index contributed by atoms with van der Waals surface area (Å²) in [5.41, 5.74) is 1.11. The Hall–Kier alpha value is -2.37.